The highest BCUT2D eigenvalue weighted by Crippen LogP contribution is 2.30. The van der Waals surface area contributed by atoms with Crippen LogP contribution in [-0.4, -0.2) is 28.8 Å². The van der Waals surface area contributed by atoms with Gasteiger partial charge in [0.1, 0.15) is 11.6 Å². The normalized spacial score (nSPS) is 12.5. The summed E-state index contributed by atoms with van der Waals surface area (Å²) in [4.78, 5) is 25.2. The van der Waals surface area contributed by atoms with Crippen molar-refractivity contribution >= 4 is 39.3 Å². The fourth-order valence-electron chi connectivity index (χ4n) is 2.14. The molecule has 5 nitrogen and oxygen atoms in total. The van der Waals surface area contributed by atoms with E-state index in [0.717, 1.165) is 19.8 Å². The predicted molar refractivity (Wildman–Crippen MR) is 102 cm³/mol. The van der Waals surface area contributed by atoms with Gasteiger partial charge in [-0.1, -0.05) is 28.1 Å². The van der Waals surface area contributed by atoms with E-state index in [0.29, 0.717) is 0 Å². The minimum Gasteiger partial charge on any atom is -0.480 e. The Morgan fingerprint density at radius 1 is 1.28 bits per heavy atom. The molecule has 0 fully saturated rings. The molecule has 1 heterocycles. The third kappa shape index (κ3) is 6.17. The summed E-state index contributed by atoms with van der Waals surface area (Å²) >= 11 is 4.95. The molecule has 7 heteroatoms. The van der Waals surface area contributed by atoms with Gasteiger partial charge in [-0.2, -0.15) is 0 Å². The Hall–Kier alpha value is -1.86. The molecule has 0 saturated heterocycles. The van der Waals surface area contributed by atoms with Crippen LogP contribution in [0.4, 0.5) is 4.79 Å². The van der Waals surface area contributed by atoms with Gasteiger partial charge < -0.3 is 15.2 Å². The van der Waals surface area contributed by atoms with Crippen molar-refractivity contribution in [1.29, 1.82) is 0 Å². The molecule has 0 radical (unpaired) electrons. The van der Waals surface area contributed by atoms with Crippen LogP contribution in [-0.2, 0) is 16.0 Å². The zero-order valence-electron chi connectivity index (χ0n) is 14.2. The van der Waals surface area contributed by atoms with E-state index < -0.39 is 23.7 Å². The first-order valence-electron chi connectivity index (χ1n) is 7.71. The van der Waals surface area contributed by atoms with Crippen molar-refractivity contribution < 1.29 is 19.4 Å². The summed E-state index contributed by atoms with van der Waals surface area (Å²) in [5, 5.41) is 11.8. The number of carbonyl (C=O) groups excluding carboxylic acids is 1. The molecule has 0 saturated carbocycles. The number of alkyl carbamates (subject to hydrolysis) is 1. The minimum atomic E-state index is -1.09. The number of rotatable bonds is 5. The zero-order chi connectivity index (χ0) is 18.6. The van der Waals surface area contributed by atoms with Gasteiger partial charge in [-0.05, 0) is 50.6 Å². The minimum absolute atomic E-state index is 0.202. The highest BCUT2D eigenvalue weighted by Gasteiger charge is 2.24. The molecule has 2 aromatic rings. The lowest BCUT2D eigenvalue weighted by Crippen LogP contribution is -2.44. The molecule has 0 aliphatic carbocycles. The van der Waals surface area contributed by atoms with Crippen molar-refractivity contribution in [2.24, 2.45) is 0 Å². The van der Waals surface area contributed by atoms with E-state index in [2.05, 4.69) is 21.2 Å². The molecule has 1 unspecified atom stereocenters. The summed E-state index contributed by atoms with van der Waals surface area (Å²) < 4.78 is 6.11. The molecular weight excluding hydrogens is 406 g/mol. The second-order valence-corrected chi connectivity index (χ2v) is 8.60. The average molecular weight is 426 g/mol. The van der Waals surface area contributed by atoms with Crippen LogP contribution in [0.1, 0.15) is 25.6 Å². The van der Waals surface area contributed by atoms with E-state index in [-0.39, 0.29) is 6.42 Å². The second-order valence-electron chi connectivity index (χ2n) is 6.52. The lowest BCUT2D eigenvalue weighted by Gasteiger charge is -2.21. The SMILES string of the molecule is CC(C)(C)OC(=O)NC(Cc1ccc(-c2cccc(Br)c2)s1)C(=O)O. The lowest BCUT2D eigenvalue weighted by molar-refractivity contribution is -0.139. The summed E-state index contributed by atoms with van der Waals surface area (Å²) in [7, 11) is 0. The molecule has 1 amide bonds. The van der Waals surface area contributed by atoms with Crippen molar-refractivity contribution in [2.75, 3.05) is 0 Å². The predicted octanol–water partition coefficient (Wildman–Crippen LogP) is 4.70. The second kappa shape index (κ2) is 8.01. The van der Waals surface area contributed by atoms with Crippen LogP contribution in [0.2, 0.25) is 0 Å². The van der Waals surface area contributed by atoms with Gasteiger partial charge in [0.25, 0.3) is 0 Å². The molecule has 2 N–H and O–H groups in total. The first-order valence-corrected chi connectivity index (χ1v) is 9.32. The van der Waals surface area contributed by atoms with Gasteiger partial charge in [-0.15, -0.1) is 11.3 Å². The molecule has 1 aromatic heterocycles. The molecule has 0 spiro atoms. The summed E-state index contributed by atoms with van der Waals surface area (Å²) in [6, 6.07) is 10.7. The summed E-state index contributed by atoms with van der Waals surface area (Å²) in [6.45, 7) is 5.18. The molecule has 0 aliphatic rings. The van der Waals surface area contributed by atoms with Crippen LogP contribution in [0.15, 0.2) is 40.9 Å². The number of hydrogen-bond donors (Lipinski definition) is 2. The van der Waals surface area contributed by atoms with Gasteiger partial charge in [0.2, 0.25) is 0 Å². The fourth-order valence-corrected chi connectivity index (χ4v) is 3.58. The van der Waals surface area contributed by atoms with Crippen molar-refractivity contribution in [3.8, 4) is 10.4 Å². The first kappa shape index (κ1) is 19.5. The van der Waals surface area contributed by atoms with E-state index in [1.165, 1.54) is 11.3 Å². The summed E-state index contributed by atoms with van der Waals surface area (Å²) in [6.07, 6.45) is -0.531. The van der Waals surface area contributed by atoms with Gasteiger partial charge in [-0.25, -0.2) is 9.59 Å². The maximum atomic E-state index is 11.8. The van der Waals surface area contributed by atoms with Crippen molar-refractivity contribution in [2.45, 2.75) is 38.8 Å². The lowest BCUT2D eigenvalue weighted by atomic mass is 10.1. The van der Waals surface area contributed by atoms with Gasteiger partial charge in [-0.3, -0.25) is 0 Å². The highest BCUT2D eigenvalue weighted by molar-refractivity contribution is 9.10. The third-order valence-electron chi connectivity index (χ3n) is 3.17. The van der Waals surface area contributed by atoms with E-state index in [1.54, 1.807) is 20.8 Å². The van der Waals surface area contributed by atoms with E-state index >= 15 is 0 Å². The molecule has 25 heavy (non-hydrogen) atoms. The number of hydrogen-bond acceptors (Lipinski definition) is 4. The van der Waals surface area contributed by atoms with E-state index in [1.807, 2.05) is 36.4 Å². The Balaban J connectivity index is 2.08. The Kier molecular flexibility index (Phi) is 6.24. The van der Waals surface area contributed by atoms with Crippen LogP contribution >= 0.6 is 27.3 Å². The number of benzene rings is 1. The number of nitrogens with one attached hydrogen (secondary N) is 1. The summed E-state index contributed by atoms with van der Waals surface area (Å²) in [5.74, 6) is -1.09. The van der Waals surface area contributed by atoms with Crippen LogP contribution in [0, 0.1) is 0 Å². The molecule has 0 aliphatic heterocycles. The fraction of sp³-hybridized carbons (Fsp3) is 0.333. The largest absolute Gasteiger partial charge is 0.480 e. The molecule has 2 rings (SSSR count). The maximum Gasteiger partial charge on any atom is 0.408 e. The molecule has 134 valence electrons. The number of carboxylic acid groups (broad SMARTS) is 1. The van der Waals surface area contributed by atoms with Gasteiger partial charge in [0.15, 0.2) is 0 Å². The van der Waals surface area contributed by atoms with Gasteiger partial charge in [0, 0.05) is 20.6 Å². The number of ether oxygens (including phenoxy) is 1. The third-order valence-corrected chi connectivity index (χ3v) is 4.82. The monoisotopic (exact) mass is 425 g/mol. The molecule has 1 aromatic carbocycles. The zero-order valence-corrected chi connectivity index (χ0v) is 16.6. The number of carbonyl (C=O) groups is 2. The van der Waals surface area contributed by atoms with Crippen molar-refractivity contribution in [1.82, 2.24) is 5.32 Å². The molecule has 1 atom stereocenters. The summed E-state index contributed by atoms with van der Waals surface area (Å²) in [5.41, 5.74) is 0.377. The Bertz CT molecular complexity index is 766. The molecular formula is C18H20BrNO4S. The standard InChI is InChI=1S/C18H20BrNO4S/c1-18(2,3)24-17(23)20-14(16(21)22)10-13-7-8-15(25-13)11-5-4-6-12(19)9-11/h4-9,14H,10H2,1-3H3,(H,20,23)(H,21,22). The van der Waals surface area contributed by atoms with Crippen molar-refractivity contribution in [3.63, 3.8) is 0 Å². The van der Waals surface area contributed by atoms with E-state index in [4.69, 9.17) is 4.74 Å². The Morgan fingerprint density at radius 3 is 2.60 bits per heavy atom. The first-order chi connectivity index (χ1) is 11.6. The number of amides is 1. The smallest absolute Gasteiger partial charge is 0.408 e. The number of thiophene rings is 1. The number of halogens is 1. The van der Waals surface area contributed by atoms with Crippen LogP contribution < -0.4 is 5.32 Å². The van der Waals surface area contributed by atoms with Crippen LogP contribution in [0.3, 0.4) is 0 Å². The topological polar surface area (TPSA) is 75.6 Å². The average Bonchev–Trinajstić information content (AvgIpc) is 2.93. The Morgan fingerprint density at radius 2 is 2.00 bits per heavy atom. The van der Waals surface area contributed by atoms with Gasteiger partial charge in [0.05, 0.1) is 0 Å². The van der Waals surface area contributed by atoms with Crippen LogP contribution in [0.5, 0.6) is 0 Å². The van der Waals surface area contributed by atoms with Crippen molar-refractivity contribution in [3.05, 3.63) is 45.7 Å². The quantitative estimate of drug-likeness (QED) is 0.727. The number of aliphatic carboxylic acids is 1. The Labute approximate surface area is 159 Å². The highest BCUT2D eigenvalue weighted by atomic mass is 79.9. The maximum absolute atomic E-state index is 11.8. The van der Waals surface area contributed by atoms with Gasteiger partial charge >= 0.3 is 12.1 Å². The number of carboxylic acids is 1. The van der Waals surface area contributed by atoms with Crippen LogP contribution in [0.25, 0.3) is 10.4 Å². The van der Waals surface area contributed by atoms with E-state index in [9.17, 15) is 14.7 Å². The molecule has 0 bridgehead atoms.